The van der Waals surface area contributed by atoms with E-state index in [1.165, 1.54) is 34.2 Å². The lowest BCUT2D eigenvalue weighted by Crippen LogP contribution is -2.40. The third-order valence-corrected chi connectivity index (χ3v) is 3.48. The highest BCUT2D eigenvalue weighted by molar-refractivity contribution is 5.84. The fraction of sp³-hybridized carbons (Fsp3) is 0.600. The van der Waals surface area contributed by atoms with Crippen LogP contribution in [0.2, 0.25) is 0 Å². The first-order valence-electron chi connectivity index (χ1n) is 7.85. The molecule has 0 aliphatic carbocycles. The van der Waals surface area contributed by atoms with Gasteiger partial charge in [0.2, 0.25) is 0 Å². The van der Waals surface area contributed by atoms with E-state index in [2.05, 4.69) is 14.8 Å². The van der Waals surface area contributed by atoms with Crippen LogP contribution in [0.5, 0.6) is 0 Å². The minimum absolute atomic E-state index is 0.241. The lowest BCUT2D eigenvalue weighted by Gasteiger charge is -2.23. The molecule has 4 atom stereocenters. The fourth-order valence-electron chi connectivity index (χ4n) is 2.49. The van der Waals surface area contributed by atoms with E-state index in [-0.39, 0.29) is 12.4 Å². The number of ether oxygens (including phenoxy) is 5. The molecule has 0 N–H and O–H groups in total. The molecule has 0 bridgehead atoms. The number of rotatable bonds is 6. The molecule has 0 saturated carbocycles. The second-order valence-electron chi connectivity index (χ2n) is 5.56. The van der Waals surface area contributed by atoms with Gasteiger partial charge in [0.05, 0.1) is 7.11 Å². The quantitative estimate of drug-likeness (QED) is 0.456. The summed E-state index contributed by atoms with van der Waals surface area (Å²) in [5.74, 6) is -2.89. The maximum absolute atomic E-state index is 11.5. The Bertz CT molecular complexity index is 732. The smallest absolute Gasteiger partial charge is 0.377 e. The van der Waals surface area contributed by atoms with Crippen molar-refractivity contribution < 1.29 is 42.9 Å². The van der Waals surface area contributed by atoms with Crippen LogP contribution in [0.3, 0.4) is 0 Å². The summed E-state index contributed by atoms with van der Waals surface area (Å²) in [6.45, 7) is 3.30. The normalized spacial score (nSPS) is 24.1. The number of carbonyl (C=O) groups is 4. The van der Waals surface area contributed by atoms with Crippen LogP contribution in [0.25, 0.3) is 0 Å². The highest BCUT2D eigenvalue weighted by atomic mass is 16.7. The molecule has 1 unspecified atom stereocenters. The first-order chi connectivity index (χ1) is 12.7. The molecule has 1 aromatic rings. The van der Waals surface area contributed by atoms with Crippen molar-refractivity contribution in [2.75, 3.05) is 13.7 Å². The molecule has 27 heavy (non-hydrogen) atoms. The van der Waals surface area contributed by atoms with Gasteiger partial charge in [0, 0.05) is 20.8 Å². The summed E-state index contributed by atoms with van der Waals surface area (Å²) in [6.07, 6.45) is -3.02. The van der Waals surface area contributed by atoms with Crippen LogP contribution in [-0.4, -0.2) is 70.7 Å². The minimum atomic E-state index is -1.11. The van der Waals surface area contributed by atoms with Gasteiger partial charge in [0.25, 0.3) is 5.82 Å². The summed E-state index contributed by atoms with van der Waals surface area (Å²) in [5.41, 5.74) is 0. The third kappa shape index (κ3) is 5.00. The molecule has 0 amide bonds. The van der Waals surface area contributed by atoms with Crippen molar-refractivity contribution in [3.8, 4) is 0 Å². The zero-order valence-electron chi connectivity index (χ0n) is 15.1. The first kappa shape index (κ1) is 20.3. The van der Waals surface area contributed by atoms with E-state index in [0.717, 1.165) is 4.68 Å². The molecule has 1 aliphatic rings. The van der Waals surface area contributed by atoms with E-state index in [1.54, 1.807) is 0 Å². The first-order valence-corrected chi connectivity index (χ1v) is 7.85. The van der Waals surface area contributed by atoms with Crippen molar-refractivity contribution in [2.24, 2.45) is 0 Å². The predicted octanol–water partition coefficient (Wildman–Crippen LogP) is -0.611. The highest BCUT2D eigenvalue weighted by Gasteiger charge is 2.51. The van der Waals surface area contributed by atoms with Gasteiger partial charge in [-0.05, 0) is 0 Å². The zero-order chi connectivity index (χ0) is 20.1. The Morgan fingerprint density at radius 3 is 2.26 bits per heavy atom. The molecule has 2 heterocycles. The van der Waals surface area contributed by atoms with E-state index in [4.69, 9.17) is 18.9 Å². The van der Waals surface area contributed by atoms with Crippen molar-refractivity contribution in [1.82, 2.24) is 14.8 Å². The average molecular weight is 385 g/mol. The molecule has 1 aromatic heterocycles. The van der Waals surface area contributed by atoms with E-state index in [0.29, 0.717) is 0 Å². The molecule has 12 nitrogen and oxygen atoms in total. The molecule has 12 heteroatoms. The third-order valence-electron chi connectivity index (χ3n) is 3.48. The Morgan fingerprint density at radius 2 is 1.70 bits per heavy atom. The van der Waals surface area contributed by atoms with E-state index in [9.17, 15) is 19.2 Å². The number of esters is 4. The van der Waals surface area contributed by atoms with Gasteiger partial charge < -0.3 is 23.7 Å². The number of methoxy groups -OCH3 is 1. The monoisotopic (exact) mass is 385 g/mol. The van der Waals surface area contributed by atoms with Crippen LogP contribution >= 0.6 is 0 Å². The molecule has 1 saturated heterocycles. The highest BCUT2D eigenvalue weighted by Crippen LogP contribution is 2.34. The van der Waals surface area contributed by atoms with Crippen molar-refractivity contribution in [2.45, 2.75) is 45.3 Å². The van der Waals surface area contributed by atoms with Crippen LogP contribution in [0.1, 0.15) is 37.6 Å². The zero-order valence-corrected chi connectivity index (χ0v) is 15.1. The van der Waals surface area contributed by atoms with Gasteiger partial charge in [-0.1, -0.05) is 0 Å². The second-order valence-corrected chi connectivity index (χ2v) is 5.56. The van der Waals surface area contributed by atoms with Gasteiger partial charge in [-0.2, -0.15) is 0 Å². The van der Waals surface area contributed by atoms with Crippen molar-refractivity contribution in [1.29, 1.82) is 0 Å². The van der Waals surface area contributed by atoms with Crippen LogP contribution in [0.15, 0.2) is 6.33 Å². The van der Waals surface area contributed by atoms with E-state index in [1.807, 2.05) is 0 Å². The Balaban J connectivity index is 2.33. The Hall–Kier alpha value is -3.02. The Morgan fingerprint density at radius 1 is 1.07 bits per heavy atom. The average Bonchev–Trinajstić information content (AvgIpc) is 3.18. The number of aromatic nitrogens is 3. The van der Waals surface area contributed by atoms with E-state index >= 15 is 0 Å². The summed E-state index contributed by atoms with van der Waals surface area (Å²) < 4.78 is 26.8. The molecule has 1 aliphatic heterocycles. The van der Waals surface area contributed by atoms with Gasteiger partial charge in [0.1, 0.15) is 19.0 Å². The van der Waals surface area contributed by atoms with Crippen molar-refractivity contribution in [3.63, 3.8) is 0 Å². The lowest BCUT2D eigenvalue weighted by molar-refractivity contribution is -0.166. The molecule has 0 radical (unpaired) electrons. The van der Waals surface area contributed by atoms with Crippen LogP contribution in [0, 0.1) is 0 Å². The van der Waals surface area contributed by atoms with Gasteiger partial charge >= 0.3 is 23.9 Å². The van der Waals surface area contributed by atoms with Gasteiger partial charge in [-0.3, -0.25) is 14.4 Å². The Labute approximate surface area is 153 Å². The minimum Gasteiger partial charge on any atom is -0.463 e. The number of nitrogens with zero attached hydrogens (tertiary/aromatic N) is 3. The molecule has 0 spiro atoms. The number of hydrogen-bond donors (Lipinski definition) is 0. The molecular formula is C15H19N3O9. The SMILES string of the molecule is COC(=O)c1ncn([C@@H]2O[C@H](COC(C)=O)[C@H](OC(C)=O)C2OC(C)=O)n1. The van der Waals surface area contributed by atoms with Crippen molar-refractivity contribution in [3.05, 3.63) is 12.2 Å². The van der Waals surface area contributed by atoms with Gasteiger partial charge in [-0.25, -0.2) is 14.5 Å². The molecule has 1 fully saturated rings. The van der Waals surface area contributed by atoms with Gasteiger partial charge in [0.15, 0.2) is 18.4 Å². The molecule has 0 aromatic carbocycles. The maximum atomic E-state index is 11.5. The molecule has 148 valence electrons. The predicted molar refractivity (Wildman–Crippen MR) is 83.0 cm³/mol. The largest absolute Gasteiger partial charge is 0.463 e. The lowest BCUT2D eigenvalue weighted by atomic mass is 10.1. The van der Waals surface area contributed by atoms with Crippen molar-refractivity contribution >= 4 is 23.9 Å². The summed E-state index contributed by atoms with van der Waals surface area (Å²) in [7, 11) is 1.17. The fourth-order valence-corrected chi connectivity index (χ4v) is 2.49. The molecule has 2 rings (SSSR count). The summed E-state index contributed by atoms with van der Waals surface area (Å²) in [4.78, 5) is 49.4. The van der Waals surface area contributed by atoms with Crippen LogP contribution in [-0.2, 0) is 38.1 Å². The molecular weight excluding hydrogens is 366 g/mol. The number of carbonyl (C=O) groups excluding carboxylic acids is 4. The maximum Gasteiger partial charge on any atom is 0.377 e. The topological polar surface area (TPSA) is 145 Å². The van der Waals surface area contributed by atoms with Crippen LogP contribution in [0.4, 0.5) is 0 Å². The summed E-state index contributed by atoms with van der Waals surface area (Å²) >= 11 is 0. The Kier molecular flexibility index (Phi) is 6.45. The summed E-state index contributed by atoms with van der Waals surface area (Å²) in [6, 6.07) is 0. The summed E-state index contributed by atoms with van der Waals surface area (Å²) in [5, 5.41) is 3.93. The standard InChI is InChI=1S/C15H19N3O9/c1-7(19)24-5-10-11(25-8(2)20)12(26-9(3)21)14(27-10)18-6-16-13(17-18)15(22)23-4/h6,10-12,14H,5H2,1-4H3/t10-,11+,12?,14-/m1/s1. The van der Waals surface area contributed by atoms with E-state index < -0.39 is 48.4 Å². The number of hydrogen-bond acceptors (Lipinski definition) is 11. The van der Waals surface area contributed by atoms with Crippen LogP contribution < -0.4 is 0 Å². The second kappa shape index (κ2) is 8.58. The van der Waals surface area contributed by atoms with Gasteiger partial charge in [-0.15, -0.1) is 5.10 Å².